The van der Waals surface area contributed by atoms with Crippen LogP contribution in [0.1, 0.15) is 45.2 Å². The van der Waals surface area contributed by atoms with Crippen LogP contribution in [0.2, 0.25) is 0 Å². The van der Waals surface area contributed by atoms with E-state index in [0.717, 1.165) is 19.3 Å². The first-order valence-corrected chi connectivity index (χ1v) is 7.54. The summed E-state index contributed by atoms with van der Waals surface area (Å²) in [5.74, 6) is 0. The lowest BCUT2D eigenvalue weighted by Gasteiger charge is -2.33. The number of aryl methyl sites for hydroxylation is 1. The predicted octanol–water partition coefficient (Wildman–Crippen LogP) is 3.25. The molecule has 0 aliphatic rings. The summed E-state index contributed by atoms with van der Waals surface area (Å²) in [4.78, 5) is 4.01. The molecule has 2 rings (SSSR count). The Morgan fingerprint density at radius 2 is 1.90 bits per heavy atom. The highest BCUT2D eigenvalue weighted by Crippen LogP contribution is 2.31. The standard InChI is InChI=1S/C17H25N3O/c1-17(2,3)16(21)15(20-13-18-12-19-20)11-7-10-14-8-5-4-6-9-14/h4-6,8-9,12-13,15-16,21H,7,10-11H2,1-3H3. The second kappa shape index (κ2) is 6.85. The molecular weight excluding hydrogens is 262 g/mol. The fourth-order valence-corrected chi connectivity index (χ4v) is 2.56. The van der Waals surface area contributed by atoms with Gasteiger partial charge in [0.05, 0.1) is 12.1 Å². The Labute approximate surface area is 126 Å². The minimum absolute atomic E-state index is 0.0313. The topological polar surface area (TPSA) is 50.9 Å². The van der Waals surface area contributed by atoms with Crippen LogP contribution in [-0.4, -0.2) is 26.0 Å². The molecule has 4 nitrogen and oxygen atoms in total. The Balaban J connectivity index is 2.00. The van der Waals surface area contributed by atoms with E-state index in [1.165, 1.54) is 11.9 Å². The molecular formula is C17H25N3O. The molecule has 0 bridgehead atoms. The first kappa shape index (κ1) is 15.7. The second-order valence-electron chi connectivity index (χ2n) is 6.63. The SMILES string of the molecule is CC(C)(C)C(O)C(CCCc1ccccc1)n1cncn1. The molecule has 2 aromatic rings. The maximum Gasteiger partial charge on any atom is 0.137 e. The largest absolute Gasteiger partial charge is 0.390 e. The van der Waals surface area contributed by atoms with Gasteiger partial charge in [-0.2, -0.15) is 5.10 Å². The van der Waals surface area contributed by atoms with E-state index >= 15 is 0 Å². The van der Waals surface area contributed by atoms with Crippen molar-refractivity contribution >= 4 is 0 Å². The van der Waals surface area contributed by atoms with E-state index in [9.17, 15) is 5.11 Å². The number of rotatable bonds is 6. The molecule has 0 spiro atoms. The first-order chi connectivity index (χ1) is 9.98. The van der Waals surface area contributed by atoms with E-state index in [-0.39, 0.29) is 11.5 Å². The van der Waals surface area contributed by atoms with Gasteiger partial charge in [-0.25, -0.2) is 9.67 Å². The number of nitrogens with zero attached hydrogens (tertiary/aromatic N) is 3. The number of benzene rings is 1. The van der Waals surface area contributed by atoms with Gasteiger partial charge in [0.1, 0.15) is 12.7 Å². The third-order valence-electron chi connectivity index (χ3n) is 3.84. The number of hydrogen-bond acceptors (Lipinski definition) is 3. The zero-order chi connectivity index (χ0) is 15.3. The Bertz CT molecular complexity index is 517. The van der Waals surface area contributed by atoms with Gasteiger partial charge >= 0.3 is 0 Å². The highest BCUT2D eigenvalue weighted by Gasteiger charge is 2.31. The van der Waals surface area contributed by atoms with Crippen LogP contribution in [0.5, 0.6) is 0 Å². The molecule has 2 unspecified atom stereocenters. The van der Waals surface area contributed by atoms with E-state index in [4.69, 9.17) is 0 Å². The Kier molecular flexibility index (Phi) is 5.12. The first-order valence-electron chi connectivity index (χ1n) is 7.54. The molecule has 1 aromatic heterocycles. The predicted molar refractivity (Wildman–Crippen MR) is 83.9 cm³/mol. The summed E-state index contributed by atoms with van der Waals surface area (Å²) in [5, 5.41) is 14.8. The lowest BCUT2D eigenvalue weighted by atomic mass is 9.83. The third-order valence-corrected chi connectivity index (χ3v) is 3.84. The summed E-state index contributed by atoms with van der Waals surface area (Å²) in [6, 6.07) is 10.4. The quantitative estimate of drug-likeness (QED) is 0.887. The zero-order valence-electron chi connectivity index (χ0n) is 13.1. The smallest absolute Gasteiger partial charge is 0.137 e. The third kappa shape index (κ3) is 4.39. The summed E-state index contributed by atoms with van der Waals surface area (Å²) >= 11 is 0. The van der Waals surface area contributed by atoms with Gasteiger partial charge in [0.2, 0.25) is 0 Å². The van der Waals surface area contributed by atoms with Crippen molar-refractivity contribution in [2.45, 2.75) is 52.2 Å². The van der Waals surface area contributed by atoms with Gasteiger partial charge in [0, 0.05) is 0 Å². The van der Waals surface area contributed by atoms with Crippen LogP contribution >= 0.6 is 0 Å². The molecule has 4 heteroatoms. The molecule has 0 amide bonds. The zero-order valence-corrected chi connectivity index (χ0v) is 13.1. The number of aliphatic hydroxyl groups is 1. The fraction of sp³-hybridized carbons (Fsp3) is 0.529. The van der Waals surface area contributed by atoms with Crippen LogP contribution in [0.15, 0.2) is 43.0 Å². The average Bonchev–Trinajstić information content (AvgIpc) is 2.97. The van der Waals surface area contributed by atoms with Crippen molar-refractivity contribution in [3.63, 3.8) is 0 Å². The van der Waals surface area contributed by atoms with Crippen molar-refractivity contribution in [3.8, 4) is 0 Å². The maximum atomic E-state index is 10.6. The molecule has 1 heterocycles. The van der Waals surface area contributed by atoms with E-state index in [1.54, 1.807) is 11.0 Å². The molecule has 0 aliphatic carbocycles. The Morgan fingerprint density at radius 1 is 1.19 bits per heavy atom. The Hall–Kier alpha value is -1.68. The second-order valence-corrected chi connectivity index (χ2v) is 6.63. The molecule has 0 radical (unpaired) electrons. The summed E-state index contributed by atoms with van der Waals surface area (Å²) in [6.07, 6.45) is 5.69. The summed E-state index contributed by atoms with van der Waals surface area (Å²) in [7, 11) is 0. The fourth-order valence-electron chi connectivity index (χ4n) is 2.56. The van der Waals surface area contributed by atoms with Crippen molar-refractivity contribution in [1.29, 1.82) is 0 Å². The molecule has 0 saturated carbocycles. The maximum absolute atomic E-state index is 10.6. The molecule has 1 aromatic carbocycles. The average molecular weight is 287 g/mol. The van der Waals surface area contributed by atoms with Crippen molar-refractivity contribution < 1.29 is 5.11 Å². The van der Waals surface area contributed by atoms with E-state index in [0.29, 0.717) is 0 Å². The molecule has 0 saturated heterocycles. The molecule has 2 atom stereocenters. The van der Waals surface area contributed by atoms with Crippen LogP contribution < -0.4 is 0 Å². The molecule has 0 fully saturated rings. The normalized spacial score (nSPS) is 14.9. The molecule has 114 valence electrons. The van der Waals surface area contributed by atoms with Crippen LogP contribution in [-0.2, 0) is 6.42 Å². The van der Waals surface area contributed by atoms with Crippen LogP contribution in [0.4, 0.5) is 0 Å². The highest BCUT2D eigenvalue weighted by atomic mass is 16.3. The number of aliphatic hydroxyl groups excluding tert-OH is 1. The van der Waals surface area contributed by atoms with Gasteiger partial charge in [-0.1, -0.05) is 51.1 Å². The van der Waals surface area contributed by atoms with Gasteiger partial charge in [-0.05, 0) is 30.2 Å². The van der Waals surface area contributed by atoms with Gasteiger partial charge < -0.3 is 5.11 Å². The highest BCUT2D eigenvalue weighted by molar-refractivity contribution is 5.14. The van der Waals surface area contributed by atoms with Gasteiger partial charge in [-0.3, -0.25) is 0 Å². The minimum atomic E-state index is -0.449. The molecule has 1 N–H and O–H groups in total. The van der Waals surface area contributed by atoms with Crippen molar-refractivity contribution in [3.05, 3.63) is 48.5 Å². The van der Waals surface area contributed by atoms with E-state index in [2.05, 4.69) is 55.1 Å². The number of hydrogen-bond donors (Lipinski definition) is 1. The van der Waals surface area contributed by atoms with E-state index in [1.807, 2.05) is 6.07 Å². The molecule has 21 heavy (non-hydrogen) atoms. The minimum Gasteiger partial charge on any atom is -0.390 e. The monoisotopic (exact) mass is 287 g/mol. The summed E-state index contributed by atoms with van der Waals surface area (Å²) < 4.78 is 1.79. The van der Waals surface area contributed by atoms with Crippen molar-refractivity contribution in [2.24, 2.45) is 5.41 Å². The molecule has 0 aliphatic heterocycles. The number of aromatic nitrogens is 3. The van der Waals surface area contributed by atoms with E-state index < -0.39 is 6.10 Å². The van der Waals surface area contributed by atoms with Gasteiger partial charge in [-0.15, -0.1) is 0 Å². The lowest BCUT2D eigenvalue weighted by molar-refractivity contribution is 0.00870. The van der Waals surface area contributed by atoms with Crippen molar-refractivity contribution in [2.75, 3.05) is 0 Å². The van der Waals surface area contributed by atoms with Crippen LogP contribution in [0, 0.1) is 5.41 Å². The summed E-state index contributed by atoms with van der Waals surface area (Å²) in [6.45, 7) is 6.16. The van der Waals surface area contributed by atoms with Crippen LogP contribution in [0.3, 0.4) is 0 Å². The lowest BCUT2D eigenvalue weighted by Crippen LogP contribution is -2.36. The Morgan fingerprint density at radius 3 is 2.48 bits per heavy atom. The van der Waals surface area contributed by atoms with Gasteiger partial charge in [0.15, 0.2) is 0 Å². The summed E-state index contributed by atoms with van der Waals surface area (Å²) in [5.41, 5.74) is 1.16. The van der Waals surface area contributed by atoms with Gasteiger partial charge in [0.25, 0.3) is 0 Å². The van der Waals surface area contributed by atoms with Crippen molar-refractivity contribution in [1.82, 2.24) is 14.8 Å². The van der Waals surface area contributed by atoms with Crippen LogP contribution in [0.25, 0.3) is 0 Å².